The molecule has 0 aliphatic rings. The van der Waals surface area contributed by atoms with Crippen LogP contribution in [-0.2, 0) is 4.74 Å². The van der Waals surface area contributed by atoms with Crippen molar-refractivity contribution in [2.24, 2.45) is 0 Å². The first-order valence-electron chi connectivity index (χ1n) is 5.99. The number of anilines is 1. The van der Waals surface area contributed by atoms with Crippen LogP contribution in [0.4, 0.5) is 10.5 Å². The fourth-order valence-corrected chi connectivity index (χ4v) is 1.61. The number of rotatable bonds is 5. The standard InChI is InChI=1S/C15H19NO4/c1-6-11(2)10-16(15(17)20-5)12-7-13(18-3)9-14(8-12)19-4/h7-9H,1,10H2,2-5H3. The van der Waals surface area contributed by atoms with Gasteiger partial charge in [-0.25, -0.2) is 4.79 Å². The van der Waals surface area contributed by atoms with Crippen molar-refractivity contribution in [1.82, 2.24) is 0 Å². The molecule has 0 spiro atoms. The van der Waals surface area contributed by atoms with E-state index in [1.165, 1.54) is 12.0 Å². The Balaban J connectivity index is 3.24. The molecule has 0 unspecified atom stereocenters. The van der Waals surface area contributed by atoms with Gasteiger partial charge in [-0.1, -0.05) is 6.58 Å². The van der Waals surface area contributed by atoms with E-state index in [-0.39, 0.29) is 0 Å². The Labute approximate surface area is 119 Å². The van der Waals surface area contributed by atoms with Crippen LogP contribution in [0.15, 0.2) is 36.1 Å². The maximum atomic E-state index is 11.9. The molecular weight excluding hydrogens is 258 g/mol. The highest BCUT2D eigenvalue weighted by molar-refractivity contribution is 5.88. The van der Waals surface area contributed by atoms with Gasteiger partial charge in [0.2, 0.25) is 0 Å². The molecule has 0 N–H and O–H groups in total. The zero-order valence-corrected chi connectivity index (χ0v) is 12.2. The fraction of sp³-hybridized carbons (Fsp3) is 0.333. The van der Waals surface area contributed by atoms with Gasteiger partial charge >= 0.3 is 6.09 Å². The summed E-state index contributed by atoms with van der Waals surface area (Å²) in [4.78, 5) is 13.4. The van der Waals surface area contributed by atoms with E-state index in [2.05, 4.69) is 12.3 Å². The number of amides is 1. The molecule has 5 nitrogen and oxygen atoms in total. The highest BCUT2D eigenvalue weighted by Crippen LogP contribution is 2.29. The molecule has 5 heteroatoms. The maximum Gasteiger partial charge on any atom is 0.414 e. The first-order chi connectivity index (χ1) is 9.55. The van der Waals surface area contributed by atoms with Gasteiger partial charge in [0, 0.05) is 18.2 Å². The van der Waals surface area contributed by atoms with Gasteiger partial charge in [0.05, 0.1) is 33.6 Å². The smallest absolute Gasteiger partial charge is 0.414 e. The number of carbonyl (C=O) groups excluding carboxylic acids is 1. The van der Waals surface area contributed by atoms with E-state index < -0.39 is 6.09 Å². The number of carbonyl (C=O) groups is 1. The van der Waals surface area contributed by atoms with E-state index in [4.69, 9.17) is 14.2 Å². The molecule has 0 saturated heterocycles. The summed E-state index contributed by atoms with van der Waals surface area (Å²) >= 11 is 0. The first kappa shape index (κ1) is 15.7. The van der Waals surface area contributed by atoms with Crippen LogP contribution in [0, 0.1) is 0 Å². The summed E-state index contributed by atoms with van der Waals surface area (Å²) in [6.07, 6.45) is -0.477. The summed E-state index contributed by atoms with van der Waals surface area (Å²) < 4.78 is 15.2. The molecule has 0 atom stereocenters. The van der Waals surface area contributed by atoms with Crippen LogP contribution in [0.3, 0.4) is 0 Å². The summed E-state index contributed by atoms with van der Waals surface area (Å²) in [6.45, 7) is 5.73. The number of hydrogen-bond acceptors (Lipinski definition) is 4. The summed E-state index contributed by atoms with van der Waals surface area (Å²) in [7, 11) is 4.44. The van der Waals surface area contributed by atoms with E-state index in [1.807, 2.05) is 6.92 Å². The van der Waals surface area contributed by atoms with Crippen molar-refractivity contribution in [1.29, 1.82) is 0 Å². The molecule has 0 saturated carbocycles. The lowest BCUT2D eigenvalue weighted by Gasteiger charge is -2.22. The van der Waals surface area contributed by atoms with E-state index >= 15 is 0 Å². The highest BCUT2D eigenvalue weighted by atomic mass is 16.5. The lowest BCUT2D eigenvalue weighted by Crippen LogP contribution is -2.32. The van der Waals surface area contributed by atoms with Crippen molar-refractivity contribution in [3.8, 4) is 11.5 Å². The minimum absolute atomic E-state index is 0.326. The molecule has 0 radical (unpaired) electrons. The Bertz CT molecular complexity index is 510. The fourth-order valence-electron chi connectivity index (χ4n) is 1.61. The van der Waals surface area contributed by atoms with Gasteiger partial charge in [-0.05, 0) is 12.5 Å². The van der Waals surface area contributed by atoms with Crippen molar-refractivity contribution >= 4 is 11.8 Å². The summed E-state index contributed by atoms with van der Waals surface area (Å²) in [6, 6.07) is 5.20. The Hall–Kier alpha value is -2.39. The molecule has 0 heterocycles. The SMILES string of the molecule is C=C=C(C)CN(C(=O)OC)c1cc(OC)cc(OC)c1. The molecule has 1 aromatic carbocycles. The van der Waals surface area contributed by atoms with Gasteiger partial charge < -0.3 is 14.2 Å². The second-order valence-electron chi connectivity index (χ2n) is 4.08. The van der Waals surface area contributed by atoms with Crippen LogP contribution in [0.2, 0.25) is 0 Å². The monoisotopic (exact) mass is 277 g/mol. The topological polar surface area (TPSA) is 48.0 Å². The van der Waals surface area contributed by atoms with E-state index in [9.17, 15) is 4.79 Å². The Morgan fingerprint density at radius 2 is 1.75 bits per heavy atom. The lowest BCUT2D eigenvalue weighted by molar-refractivity contribution is 0.179. The van der Waals surface area contributed by atoms with E-state index in [0.29, 0.717) is 23.7 Å². The minimum Gasteiger partial charge on any atom is -0.497 e. The number of benzene rings is 1. The molecule has 0 fully saturated rings. The third-order valence-corrected chi connectivity index (χ3v) is 2.74. The predicted octanol–water partition coefficient (Wildman–Crippen LogP) is 3.01. The average molecular weight is 277 g/mol. The quantitative estimate of drug-likeness (QED) is 0.776. The molecule has 1 rings (SSSR count). The molecule has 108 valence electrons. The number of nitrogens with zero attached hydrogens (tertiary/aromatic N) is 1. The predicted molar refractivity (Wildman–Crippen MR) is 77.6 cm³/mol. The molecule has 0 aromatic heterocycles. The summed E-state index contributed by atoms with van der Waals surface area (Å²) in [5.74, 6) is 1.18. The maximum absolute atomic E-state index is 11.9. The molecular formula is C15H19NO4. The Kier molecular flexibility index (Phi) is 5.69. The lowest BCUT2D eigenvalue weighted by atomic mass is 10.2. The largest absolute Gasteiger partial charge is 0.497 e. The van der Waals surface area contributed by atoms with Crippen molar-refractivity contribution in [3.05, 3.63) is 36.1 Å². The second kappa shape index (κ2) is 7.26. The molecule has 1 amide bonds. The van der Waals surface area contributed by atoms with E-state index in [1.54, 1.807) is 32.4 Å². The second-order valence-corrected chi connectivity index (χ2v) is 4.08. The van der Waals surface area contributed by atoms with Crippen molar-refractivity contribution < 1.29 is 19.0 Å². The Morgan fingerprint density at radius 1 is 1.20 bits per heavy atom. The first-order valence-corrected chi connectivity index (χ1v) is 5.99. The van der Waals surface area contributed by atoms with Crippen molar-refractivity contribution in [3.63, 3.8) is 0 Å². The average Bonchev–Trinajstić information content (AvgIpc) is 2.50. The van der Waals surface area contributed by atoms with Gasteiger partial charge in [-0.2, -0.15) is 0 Å². The van der Waals surface area contributed by atoms with Crippen LogP contribution in [-0.4, -0.2) is 34.0 Å². The molecule has 20 heavy (non-hydrogen) atoms. The van der Waals surface area contributed by atoms with Gasteiger partial charge in [-0.3, -0.25) is 4.90 Å². The van der Waals surface area contributed by atoms with Crippen LogP contribution in [0.25, 0.3) is 0 Å². The molecule has 1 aromatic rings. The highest BCUT2D eigenvalue weighted by Gasteiger charge is 2.18. The summed E-state index contributed by atoms with van der Waals surface area (Å²) in [5, 5.41) is 0. The summed E-state index contributed by atoms with van der Waals surface area (Å²) in [5.41, 5.74) is 4.19. The third-order valence-electron chi connectivity index (χ3n) is 2.74. The van der Waals surface area contributed by atoms with Crippen molar-refractivity contribution in [2.45, 2.75) is 6.92 Å². The number of methoxy groups -OCH3 is 3. The minimum atomic E-state index is -0.477. The molecule has 0 aliphatic heterocycles. The van der Waals surface area contributed by atoms with E-state index in [0.717, 1.165) is 5.57 Å². The van der Waals surface area contributed by atoms with Crippen LogP contribution in [0.1, 0.15) is 6.92 Å². The molecule has 0 bridgehead atoms. The van der Waals surface area contributed by atoms with Gasteiger partial charge in [-0.15, -0.1) is 5.73 Å². The van der Waals surface area contributed by atoms with Crippen LogP contribution < -0.4 is 14.4 Å². The normalized spacial score (nSPS) is 9.40. The van der Waals surface area contributed by atoms with Crippen LogP contribution in [0.5, 0.6) is 11.5 Å². The zero-order chi connectivity index (χ0) is 15.1. The number of hydrogen-bond donors (Lipinski definition) is 0. The van der Waals surface area contributed by atoms with Gasteiger partial charge in [0.1, 0.15) is 11.5 Å². The molecule has 0 aliphatic carbocycles. The van der Waals surface area contributed by atoms with Crippen molar-refractivity contribution in [2.75, 3.05) is 32.8 Å². The number of ether oxygens (including phenoxy) is 3. The van der Waals surface area contributed by atoms with Gasteiger partial charge in [0.15, 0.2) is 0 Å². The third kappa shape index (κ3) is 3.80. The van der Waals surface area contributed by atoms with Gasteiger partial charge in [0.25, 0.3) is 0 Å². The van der Waals surface area contributed by atoms with Crippen LogP contribution >= 0.6 is 0 Å². The Morgan fingerprint density at radius 3 is 2.15 bits per heavy atom. The zero-order valence-electron chi connectivity index (χ0n) is 12.2.